The Balaban J connectivity index is 1.98. The minimum Gasteiger partial charge on any atom is -0.506 e. The molecule has 2 N–H and O–H groups in total. The second-order valence-electron chi connectivity index (χ2n) is 4.61. The summed E-state index contributed by atoms with van der Waals surface area (Å²) in [4.78, 5) is 14.7. The minimum absolute atomic E-state index is 0.0223. The maximum atomic E-state index is 11.2. The minimum atomic E-state index is -0.549. The Morgan fingerprint density at radius 1 is 1.13 bits per heavy atom. The number of benzene rings is 2. The van der Waals surface area contributed by atoms with Gasteiger partial charge in [0.2, 0.25) is 0 Å². The fraction of sp³-hybridized carbons (Fsp3) is 0. The highest BCUT2D eigenvalue weighted by atomic mass is 16.6. The molecule has 3 aromatic rings. The van der Waals surface area contributed by atoms with E-state index in [1.54, 1.807) is 12.1 Å². The number of hydrogen-bond donors (Lipinski definition) is 2. The topological polar surface area (TPSA) is 113 Å². The van der Waals surface area contributed by atoms with Crippen LogP contribution in [0.3, 0.4) is 0 Å². The summed E-state index contributed by atoms with van der Waals surface area (Å²) < 4.78 is 0. The van der Waals surface area contributed by atoms with Crippen LogP contribution < -0.4 is 5.43 Å². The lowest BCUT2D eigenvalue weighted by molar-refractivity contribution is -0.383. The van der Waals surface area contributed by atoms with Crippen LogP contribution in [0.2, 0.25) is 0 Å². The molecule has 2 aromatic carbocycles. The summed E-state index contributed by atoms with van der Waals surface area (Å²) in [6.45, 7) is 0. The van der Waals surface area contributed by atoms with Crippen molar-refractivity contribution in [3.05, 3.63) is 64.7 Å². The first-order chi connectivity index (χ1) is 11.1. The van der Waals surface area contributed by atoms with Gasteiger partial charge >= 0.3 is 0 Å². The third-order valence-electron chi connectivity index (χ3n) is 3.08. The van der Waals surface area contributed by atoms with Gasteiger partial charge in [0.25, 0.3) is 5.69 Å². The van der Waals surface area contributed by atoms with E-state index in [9.17, 15) is 15.2 Å². The van der Waals surface area contributed by atoms with Gasteiger partial charge in [-0.15, -0.1) is 5.11 Å². The van der Waals surface area contributed by atoms with Crippen molar-refractivity contribution in [1.29, 1.82) is 0 Å². The Bertz CT molecular complexity index is 896. The summed E-state index contributed by atoms with van der Waals surface area (Å²) in [5.41, 5.74) is 3.32. The van der Waals surface area contributed by atoms with E-state index in [0.29, 0.717) is 0 Å². The van der Waals surface area contributed by atoms with E-state index in [1.807, 2.05) is 18.2 Å². The zero-order chi connectivity index (χ0) is 16.2. The van der Waals surface area contributed by atoms with E-state index in [0.717, 1.165) is 5.69 Å². The Labute approximate surface area is 130 Å². The van der Waals surface area contributed by atoms with Gasteiger partial charge in [-0.3, -0.25) is 15.5 Å². The monoisotopic (exact) mass is 309 g/mol. The lowest BCUT2D eigenvalue weighted by Gasteiger charge is -2.02. The number of fused-ring (bicyclic) bond motifs is 1. The van der Waals surface area contributed by atoms with E-state index < -0.39 is 4.92 Å². The number of anilines is 1. The number of rotatable bonds is 4. The molecule has 114 valence electrons. The Morgan fingerprint density at radius 2 is 1.91 bits per heavy atom. The first-order valence-electron chi connectivity index (χ1n) is 6.64. The predicted molar refractivity (Wildman–Crippen MR) is 84.6 cm³/mol. The van der Waals surface area contributed by atoms with Crippen LogP contribution >= 0.6 is 0 Å². The number of nitro groups is 1. The number of para-hydroxylation sites is 2. The Morgan fingerprint density at radius 3 is 2.65 bits per heavy atom. The molecule has 1 heterocycles. The van der Waals surface area contributed by atoms with E-state index >= 15 is 0 Å². The number of pyridine rings is 1. The molecule has 0 saturated carbocycles. The molecule has 0 aliphatic rings. The van der Waals surface area contributed by atoms with Crippen molar-refractivity contribution < 1.29 is 10.0 Å². The summed E-state index contributed by atoms with van der Waals surface area (Å²) in [5, 5.41) is 28.8. The third-order valence-corrected chi connectivity index (χ3v) is 3.08. The largest absolute Gasteiger partial charge is 0.506 e. The maximum absolute atomic E-state index is 11.2. The highest BCUT2D eigenvalue weighted by Crippen LogP contribution is 2.32. The first kappa shape index (κ1) is 14.4. The van der Waals surface area contributed by atoms with Gasteiger partial charge < -0.3 is 5.11 Å². The SMILES string of the molecule is O=[N+]([O-])c1cc(N=NNc2ccccc2)nc2c(O)cccc12. The molecule has 0 aliphatic carbocycles. The Hall–Kier alpha value is -3.55. The number of nitrogens with zero attached hydrogens (tertiary/aromatic N) is 4. The molecular formula is C15H11N5O3. The van der Waals surface area contributed by atoms with Crippen LogP contribution in [0.5, 0.6) is 5.75 Å². The average Bonchev–Trinajstić information content (AvgIpc) is 2.56. The molecule has 0 aliphatic heterocycles. The van der Waals surface area contributed by atoms with Crippen LogP contribution in [0.1, 0.15) is 0 Å². The summed E-state index contributed by atoms with van der Waals surface area (Å²) in [5.74, 6) is -0.132. The van der Waals surface area contributed by atoms with Gasteiger partial charge in [0, 0.05) is 0 Å². The molecule has 0 fully saturated rings. The van der Waals surface area contributed by atoms with Crippen LogP contribution in [0.4, 0.5) is 17.2 Å². The number of hydrogen-bond acceptors (Lipinski definition) is 6. The van der Waals surface area contributed by atoms with Crippen molar-refractivity contribution in [2.75, 3.05) is 5.43 Å². The highest BCUT2D eigenvalue weighted by Gasteiger charge is 2.17. The van der Waals surface area contributed by atoms with Crippen molar-refractivity contribution in [2.24, 2.45) is 10.3 Å². The third kappa shape index (κ3) is 3.05. The number of aromatic hydroxyl groups is 1. The second kappa shape index (κ2) is 6.06. The molecule has 8 heteroatoms. The molecule has 0 unspecified atom stereocenters. The maximum Gasteiger partial charge on any atom is 0.282 e. The van der Waals surface area contributed by atoms with E-state index in [2.05, 4.69) is 20.7 Å². The van der Waals surface area contributed by atoms with Crippen molar-refractivity contribution >= 4 is 28.1 Å². The van der Waals surface area contributed by atoms with Gasteiger partial charge in [-0.25, -0.2) is 4.98 Å². The molecule has 23 heavy (non-hydrogen) atoms. The molecule has 8 nitrogen and oxygen atoms in total. The fourth-order valence-electron chi connectivity index (χ4n) is 2.05. The zero-order valence-electron chi connectivity index (χ0n) is 11.7. The molecule has 0 bridgehead atoms. The lowest BCUT2D eigenvalue weighted by Crippen LogP contribution is -1.92. The number of nitrogens with one attached hydrogen (secondary N) is 1. The van der Waals surface area contributed by atoms with E-state index in [4.69, 9.17) is 0 Å². The van der Waals surface area contributed by atoms with Crippen LogP contribution in [-0.4, -0.2) is 15.0 Å². The van der Waals surface area contributed by atoms with Gasteiger partial charge in [0.05, 0.1) is 22.1 Å². The lowest BCUT2D eigenvalue weighted by atomic mass is 10.1. The molecule has 0 amide bonds. The molecule has 0 spiro atoms. The summed E-state index contributed by atoms with van der Waals surface area (Å²) in [7, 11) is 0. The summed E-state index contributed by atoms with van der Waals surface area (Å²) in [6.07, 6.45) is 0. The smallest absolute Gasteiger partial charge is 0.282 e. The van der Waals surface area contributed by atoms with Gasteiger partial charge in [0.15, 0.2) is 5.82 Å². The van der Waals surface area contributed by atoms with Crippen molar-refractivity contribution in [1.82, 2.24) is 4.98 Å². The van der Waals surface area contributed by atoms with E-state index in [1.165, 1.54) is 24.3 Å². The summed E-state index contributed by atoms with van der Waals surface area (Å²) >= 11 is 0. The molecule has 0 atom stereocenters. The van der Waals surface area contributed by atoms with Crippen molar-refractivity contribution in [3.63, 3.8) is 0 Å². The number of aromatic nitrogens is 1. The molecule has 0 radical (unpaired) electrons. The van der Waals surface area contributed by atoms with Crippen LogP contribution in [0.25, 0.3) is 10.9 Å². The molecule has 1 aromatic heterocycles. The number of phenolic OH excluding ortho intramolecular Hbond substituents is 1. The quantitative estimate of drug-likeness (QED) is 0.430. The number of phenols is 1. The molecule has 0 saturated heterocycles. The van der Waals surface area contributed by atoms with Gasteiger partial charge in [-0.05, 0) is 24.3 Å². The van der Waals surface area contributed by atoms with Crippen LogP contribution in [-0.2, 0) is 0 Å². The fourth-order valence-corrected chi connectivity index (χ4v) is 2.05. The second-order valence-corrected chi connectivity index (χ2v) is 4.61. The Kier molecular flexibility index (Phi) is 3.79. The highest BCUT2D eigenvalue weighted by molar-refractivity contribution is 5.93. The van der Waals surface area contributed by atoms with E-state index in [-0.39, 0.29) is 28.2 Å². The van der Waals surface area contributed by atoms with Crippen LogP contribution in [0.15, 0.2) is 64.9 Å². The first-order valence-corrected chi connectivity index (χ1v) is 6.64. The standard InChI is InChI=1S/C15H11N5O3/c21-13-8-4-7-11-12(20(22)23)9-14(16-15(11)13)18-19-17-10-5-2-1-3-6-10/h1-9,21H,(H,16,17,18). The predicted octanol–water partition coefficient (Wildman–Crippen LogP) is 3.96. The summed E-state index contributed by atoms with van der Waals surface area (Å²) in [6, 6.07) is 14.7. The van der Waals surface area contributed by atoms with Crippen LogP contribution in [0, 0.1) is 10.1 Å². The molecular weight excluding hydrogens is 298 g/mol. The van der Waals surface area contributed by atoms with Gasteiger partial charge in [-0.1, -0.05) is 29.5 Å². The van der Waals surface area contributed by atoms with Gasteiger partial charge in [-0.2, -0.15) is 0 Å². The average molecular weight is 309 g/mol. The van der Waals surface area contributed by atoms with Crippen molar-refractivity contribution in [3.8, 4) is 5.75 Å². The zero-order valence-corrected chi connectivity index (χ0v) is 11.7. The normalized spacial score (nSPS) is 11.0. The van der Waals surface area contributed by atoms with Gasteiger partial charge in [0.1, 0.15) is 11.3 Å². The molecule has 3 rings (SSSR count). The van der Waals surface area contributed by atoms with Crippen molar-refractivity contribution in [2.45, 2.75) is 0 Å².